The molecule has 0 fully saturated rings. The predicted octanol–water partition coefficient (Wildman–Crippen LogP) is 2.46. The first-order chi connectivity index (χ1) is 5.24. The molecule has 1 aromatic carbocycles. The molecule has 0 saturated heterocycles. The minimum Gasteiger partial charge on any atom is -0.340 e. The summed E-state index contributed by atoms with van der Waals surface area (Å²) in [6.45, 7) is 4.12. The maximum atomic E-state index is 8.33. The fourth-order valence-electron chi connectivity index (χ4n) is 0.853. The second kappa shape index (κ2) is 3.39. The van der Waals surface area contributed by atoms with Crippen LogP contribution in [0.25, 0.3) is 0 Å². The summed E-state index contributed by atoms with van der Waals surface area (Å²) in [7, 11) is 0. The fraction of sp³-hybridized carbons (Fsp3) is 0.333. The van der Waals surface area contributed by atoms with Crippen LogP contribution in [0.2, 0.25) is 0 Å². The summed E-state index contributed by atoms with van der Waals surface area (Å²) < 4.78 is 0. The molecule has 1 aromatic rings. The molecule has 0 saturated carbocycles. The molecule has 0 aromatic heterocycles. The average Bonchev–Trinajstić information content (AvgIpc) is 2.05. The first kappa shape index (κ1) is 8.08. The van der Waals surface area contributed by atoms with Gasteiger partial charge in [0, 0.05) is 0 Å². The van der Waals surface area contributed by atoms with Crippen molar-refractivity contribution in [3.8, 4) is 5.75 Å². The zero-order chi connectivity index (χ0) is 8.27. The van der Waals surface area contributed by atoms with E-state index in [0.29, 0.717) is 11.7 Å². The Morgan fingerprint density at radius 1 is 1.55 bits per heavy atom. The standard InChI is InChI=1S/C9H11O2/c1-7(2)8-4-3-5-9(6-8)11-10/h3,5-7,10H,1-2H3. The van der Waals surface area contributed by atoms with Gasteiger partial charge in [0.2, 0.25) is 0 Å². The monoisotopic (exact) mass is 151 g/mol. The van der Waals surface area contributed by atoms with Crippen LogP contribution in [-0.4, -0.2) is 5.26 Å². The van der Waals surface area contributed by atoms with E-state index in [9.17, 15) is 0 Å². The molecule has 1 radical (unpaired) electrons. The Hall–Kier alpha value is -1.02. The van der Waals surface area contributed by atoms with Crippen molar-refractivity contribution in [3.63, 3.8) is 0 Å². The lowest BCUT2D eigenvalue weighted by atomic mass is 10.0. The average molecular weight is 151 g/mol. The van der Waals surface area contributed by atoms with Crippen molar-refractivity contribution < 1.29 is 10.1 Å². The van der Waals surface area contributed by atoms with Crippen LogP contribution < -0.4 is 4.89 Å². The third-order valence-corrected chi connectivity index (χ3v) is 1.52. The SMILES string of the molecule is CC(C)c1[c]ccc(OO)c1. The Morgan fingerprint density at radius 3 is 2.82 bits per heavy atom. The Morgan fingerprint density at radius 2 is 2.27 bits per heavy atom. The maximum absolute atomic E-state index is 8.33. The normalized spacial score (nSPS) is 10.2. The van der Waals surface area contributed by atoms with E-state index >= 15 is 0 Å². The number of benzene rings is 1. The maximum Gasteiger partial charge on any atom is 0.165 e. The van der Waals surface area contributed by atoms with Crippen LogP contribution in [0.4, 0.5) is 0 Å². The Balaban J connectivity index is 2.91. The highest BCUT2D eigenvalue weighted by Gasteiger charge is 2.00. The summed E-state index contributed by atoms with van der Waals surface area (Å²) in [5.41, 5.74) is 1.04. The number of rotatable bonds is 2. The molecular weight excluding hydrogens is 140 g/mol. The molecule has 0 aliphatic carbocycles. The van der Waals surface area contributed by atoms with Gasteiger partial charge in [0.1, 0.15) is 0 Å². The summed E-state index contributed by atoms with van der Waals surface area (Å²) in [6, 6.07) is 8.22. The van der Waals surface area contributed by atoms with Crippen LogP contribution in [0.3, 0.4) is 0 Å². The molecule has 0 aliphatic heterocycles. The van der Waals surface area contributed by atoms with Gasteiger partial charge in [0.05, 0.1) is 0 Å². The fourth-order valence-corrected chi connectivity index (χ4v) is 0.853. The first-order valence-electron chi connectivity index (χ1n) is 3.57. The summed E-state index contributed by atoms with van der Waals surface area (Å²) in [6.07, 6.45) is 0. The van der Waals surface area contributed by atoms with Gasteiger partial charge in [-0.25, -0.2) is 5.26 Å². The van der Waals surface area contributed by atoms with Crippen LogP contribution >= 0.6 is 0 Å². The van der Waals surface area contributed by atoms with Gasteiger partial charge in [-0.15, -0.1) is 0 Å². The molecule has 0 unspecified atom stereocenters. The van der Waals surface area contributed by atoms with Gasteiger partial charge >= 0.3 is 0 Å². The minimum atomic E-state index is 0.407. The van der Waals surface area contributed by atoms with Gasteiger partial charge in [-0.1, -0.05) is 19.9 Å². The highest BCUT2D eigenvalue weighted by molar-refractivity contribution is 5.28. The van der Waals surface area contributed by atoms with E-state index in [4.69, 9.17) is 5.26 Å². The summed E-state index contributed by atoms with van der Waals surface area (Å²) in [4.78, 5) is 4.08. The van der Waals surface area contributed by atoms with Crippen molar-refractivity contribution in [3.05, 3.63) is 29.8 Å². The Kier molecular flexibility index (Phi) is 2.49. The van der Waals surface area contributed by atoms with Gasteiger partial charge in [-0.05, 0) is 29.7 Å². The van der Waals surface area contributed by atoms with Crippen molar-refractivity contribution in [2.45, 2.75) is 19.8 Å². The first-order valence-corrected chi connectivity index (χ1v) is 3.57. The van der Waals surface area contributed by atoms with Crippen molar-refractivity contribution >= 4 is 0 Å². The molecule has 0 bridgehead atoms. The third-order valence-electron chi connectivity index (χ3n) is 1.52. The number of hydrogen-bond acceptors (Lipinski definition) is 2. The van der Waals surface area contributed by atoms with E-state index in [-0.39, 0.29) is 0 Å². The summed E-state index contributed by atoms with van der Waals surface area (Å²) >= 11 is 0. The highest BCUT2D eigenvalue weighted by atomic mass is 17.1. The van der Waals surface area contributed by atoms with Crippen LogP contribution in [0.15, 0.2) is 18.2 Å². The summed E-state index contributed by atoms with van der Waals surface area (Å²) in [5.74, 6) is 0.873. The second-order valence-electron chi connectivity index (χ2n) is 2.73. The zero-order valence-electron chi connectivity index (χ0n) is 6.66. The molecule has 0 atom stereocenters. The van der Waals surface area contributed by atoms with Crippen molar-refractivity contribution in [1.29, 1.82) is 0 Å². The third kappa shape index (κ3) is 1.95. The summed E-state index contributed by atoms with van der Waals surface area (Å²) in [5, 5.41) is 8.33. The molecule has 11 heavy (non-hydrogen) atoms. The van der Waals surface area contributed by atoms with Crippen molar-refractivity contribution in [2.24, 2.45) is 0 Å². The Bertz CT molecular complexity index is 231. The highest BCUT2D eigenvalue weighted by Crippen LogP contribution is 2.18. The van der Waals surface area contributed by atoms with Gasteiger partial charge < -0.3 is 4.89 Å². The molecule has 2 nitrogen and oxygen atoms in total. The zero-order valence-corrected chi connectivity index (χ0v) is 6.66. The number of hydrogen-bond donors (Lipinski definition) is 1. The molecule has 2 heteroatoms. The van der Waals surface area contributed by atoms with E-state index in [1.165, 1.54) is 0 Å². The van der Waals surface area contributed by atoms with Gasteiger partial charge in [0.15, 0.2) is 5.75 Å². The van der Waals surface area contributed by atoms with Crippen molar-refractivity contribution in [1.82, 2.24) is 0 Å². The molecule has 0 heterocycles. The predicted molar refractivity (Wildman–Crippen MR) is 42.6 cm³/mol. The molecule has 59 valence electrons. The quantitative estimate of drug-likeness (QED) is 0.519. The lowest BCUT2D eigenvalue weighted by Crippen LogP contribution is -1.89. The second-order valence-corrected chi connectivity index (χ2v) is 2.73. The molecular formula is C9H11O2. The van der Waals surface area contributed by atoms with E-state index in [0.717, 1.165) is 5.56 Å². The molecule has 0 aliphatic rings. The van der Waals surface area contributed by atoms with E-state index in [1.54, 1.807) is 18.2 Å². The molecule has 1 N–H and O–H groups in total. The molecule has 0 amide bonds. The Labute approximate surface area is 66.4 Å². The van der Waals surface area contributed by atoms with Crippen molar-refractivity contribution in [2.75, 3.05) is 0 Å². The van der Waals surface area contributed by atoms with Gasteiger partial charge in [-0.2, -0.15) is 0 Å². The lowest BCUT2D eigenvalue weighted by Gasteiger charge is -2.04. The lowest BCUT2D eigenvalue weighted by molar-refractivity contribution is -0.137. The van der Waals surface area contributed by atoms with Crippen LogP contribution in [0.1, 0.15) is 25.3 Å². The van der Waals surface area contributed by atoms with E-state index in [1.807, 2.05) is 0 Å². The minimum absolute atomic E-state index is 0.407. The molecule has 0 spiro atoms. The van der Waals surface area contributed by atoms with Crippen LogP contribution in [0, 0.1) is 6.07 Å². The van der Waals surface area contributed by atoms with Crippen LogP contribution in [-0.2, 0) is 0 Å². The largest absolute Gasteiger partial charge is 0.340 e. The smallest absolute Gasteiger partial charge is 0.165 e. The van der Waals surface area contributed by atoms with E-state index < -0.39 is 0 Å². The van der Waals surface area contributed by atoms with Crippen LogP contribution in [0.5, 0.6) is 5.75 Å². The molecule has 1 rings (SSSR count). The topological polar surface area (TPSA) is 29.5 Å². The van der Waals surface area contributed by atoms with E-state index in [2.05, 4.69) is 24.8 Å². The van der Waals surface area contributed by atoms with Gasteiger partial charge in [0.25, 0.3) is 0 Å². The van der Waals surface area contributed by atoms with Gasteiger partial charge in [-0.3, -0.25) is 0 Å².